The van der Waals surface area contributed by atoms with Gasteiger partial charge in [0.25, 0.3) is 0 Å². The van der Waals surface area contributed by atoms with Gasteiger partial charge < -0.3 is 4.74 Å². The van der Waals surface area contributed by atoms with Crippen molar-refractivity contribution in [2.75, 3.05) is 6.61 Å². The Balaban J connectivity index is 1.66. The lowest BCUT2D eigenvalue weighted by Gasteiger charge is -2.49. The Kier molecular flexibility index (Phi) is 2.77. The molecule has 3 unspecified atom stereocenters. The molecule has 1 aliphatic heterocycles. The molecule has 3 aliphatic rings. The summed E-state index contributed by atoms with van der Waals surface area (Å²) in [6.07, 6.45) is 7.63. The lowest BCUT2D eigenvalue weighted by Crippen LogP contribution is -2.52. The first kappa shape index (κ1) is 11.9. The fraction of sp³-hybridized carbons (Fsp3) is 1.00. The van der Waals surface area contributed by atoms with Gasteiger partial charge in [-0.1, -0.05) is 13.8 Å². The average Bonchev–Trinajstić information content (AvgIpc) is 2.87. The first-order chi connectivity index (χ1) is 8.06. The van der Waals surface area contributed by atoms with Crippen molar-refractivity contribution in [3.8, 4) is 0 Å². The maximum Gasteiger partial charge on any atom is 0.0685 e. The molecule has 3 rings (SSSR count). The second-order valence-electron chi connectivity index (χ2n) is 7.13. The summed E-state index contributed by atoms with van der Waals surface area (Å²) in [5.41, 5.74) is 3.87. The lowest BCUT2D eigenvalue weighted by atomic mass is 9.69. The van der Waals surface area contributed by atoms with Gasteiger partial charge in [-0.15, -0.1) is 0 Å². The minimum Gasteiger partial charge on any atom is -0.375 e. The fourth-order valence-electron chi connectivity index (χ4n) is 3.99. The van der Waals surface area contributed by atoms with E-state index in [0.717, 1.165) is 18.4 Å². The van der Waals surface area contributed by atoms with Crippen molar-refractivity contribution < 1.29 is 4.74 Å². The molecular weight excluding hydrogens is 212 g/mol. The smallest absolute Gasteiger partial charge is 0.0685 e. The molecule has 98 valence electrons. The maximum absolute atomic E-state index is 6.01. The number of ether oxygens (including phenoxy) is 1. The summed E-state index contributed by atoms with van der Waals surface area (Å²) in [6, 6.07) is 0.506. The van der Waals surface area contributed by atoms with E-state index in [2.05, 4.69) is 19.3 Å². The van der Waals surface area contributed by atoms with E-state index in [0.29, 0.717) is 11.5 Å². The molecule has 0 aromatic rings. The molecule has 0 aromatic carbocycles. The van der Waals surface area contributed by atoms with E-state index in [9.17, 15) is 0 Å². The largest absolute Gasteiger partial charge is 0.375 e. The number of hydrazine groups is 1. The van der Waals surface area contributed by atoms with Crippen molar-refractivity contribution in [2.24, 2.45) is 23.1 Å². The minimum absolute atomic E-state index is 0.247. The van der Waals surface area contributed by atoms with Crippen molar-refractivity contribution in [1.29, 1.82) is 0 Å². The van der Waals surface area contributed by atoms with Gasteiger partial charge in [0, 0.05) is 12.6 Å². The Hall–Kier alpha value is -0.120. The maximum atomic E-state index is 6.01. The molecule has 3 N–H and O–H groups in total. The molecule has 0 amide bonds. The van der Waals surface area contributed by atoms with Crippen LogP contribution in [0.25, 0.3) is 0 Å². The molecule has 3 atom stereocenters. The van der Waals surface area contributed by atoms with Crippen LogP contribution >= 0.6 is 0 Å². The van der Waals surface area contributed by atoms with Crippen molar-refractivity contribution in [3.63, 3.8) is 0 Å². The molecular formula is C14H26N2O. The van der Waals surface area contributed by atoms with Gasteiger partial charge in [0.1, 0.15) is 0 Å². The van der Waals surface area contributed by atoms with Crippen LogP contribution in [0, 0.1) is 17.3 Å². The summed E-state index contributed by atoms with van der Waals surface area (Å²) in [6.45, 7) is 5.66. The van der Waals surface area contributed by atoms with E-state index in [4.69, 9.17) is 10.6 Å². The molecule has 17 heavy (non-hydrogen) atoms. The SMILES string of the molecule is CC1(C)CC1C(NN)C1CCOC2(CCC2)C1. The van der Waals surface area contributed by atoms with Crippen molar-refractivity contribution >= 4 is 0 Å². The number of hydrogen-bond donors (Lipinski definition) is 2. The molecule has 2 saturated carbocycles. The standard InChI is InChI=1S/C14H26N2O/c1-13(2)9-11(13)12(16-15)10-4-7-17-14(8-10)5-3-6-14/h10-12,16H,3-9,15H2,1-2H3. The van der Waals surface area contributed by atoms with Crippen LogP contribution in [0.2, 0.25) is 0 Å². The zero-order valence-electron chi connectivity index (χ0n) is 11.2. The molecule has 1 heterocycles. The molecule has 1 spiro atoms. The first-order valence-electron chi connectivity index (χ1n) is 7.16. The van der Waals surface area contributed by atoms with E-state index in [1.165, 1.54) is 38.5 Å². The van der Waals surface area contributed by atoms with Crippen molar-refractivity contribution in [3.05, 3.63) is 0 Å². The van der Waals surface area contributed by atoms with Gasteiger partial charge in [-0.3, -0.25) is 11.3 Å². The first-order valence-corrected chi connectivity index (χ1v) is 7.16. The molecule has 1 saturated heterocycles. The Labute approximate surface area is 104 Å². The third-order valence-corrected chi connectivity index (χ3v) is 5.52. The molecule has 0 radical (unpaired) electrons. The number of nitrogens with two attached hydrogens (primary N) is 1. The Morgan fingerprint density at radius 3 is 2.47 bits per heavy atom. The van der Waals surface area contributed by atoms with Gasteiger partial charge in [-0.25, -0.2) is 0 Å². The normalized spacial score (nSPS) is 39.7. The summed E-state index contributed by atoms with van der Waals surface area (Å²) >= 11 is 0. The van der Waals surface area contributed by atoms with Crippen LogP contribution in [0.3, 0.4) is 0 Å². The van der Waals surface area contributed by atoms with Crippen LogP contribution in [0.4, 0.5) is 0 Å². The predicted octanol–water partition coefficient (Wildman–Crippen LogP) is 2.21. The van der Waals surface area contributed by atoms with Crippen LogP contribution in [0.15, 0.2) is 0 Å². The van der Waals surface area contributed by atoms with Gasteiger partial charge in [0.05, 0.1) is 5.60 Å². The Morgan fingerprint density at radius 1 is 1.29 bits per heavy atom. The van der Waals surface area contributed by atoms with E-state index >= 15 is 0 Å². The highest BCUT2D eigenvalue weighted by Crippen LogP contribution is 2.56. The fourth-order valence-corrected chi connectivity index (χ4v) is 3.99. The molecule has 0 aromatic heterocycles. The summed E-state index contributed by atoms with van der Waals surface area (Å²) in [5.74, 6) is 7.32. The highest BCUT2D eigenvalue weighted by atomic mass is 16.5. The number of hydrogen-bond acceptors (Lipinski definition) is 3. The van der Waals surface area contributed by atoms with Gasteiger partial charge in [0.15, 0.2) is 0 Å². The molecule has 3 heteroatoms. The average molecular weight is 238 g/mol. The number of nitrogens with one attached hydrogen (secondary N) is 1. The van der Waals surface area contributed by atoms with Crippen LogP contribution in [0.5, 0.6) is 0 Å². The summed E-state index contributed by atoms with van der Waals surface area (Å²) in [5, 5.41) is 0. The zero-order valence-corrected chi connectivity index (χ0v) is 11.2. The third-order valence-electron chi connectivity index (χ3n) is 5.52. The van der Waals surface area contributed by atoms with E-state index in [1.807, 2.05) is 0 Å². The van der Waals surface area contributed by atoms with Crippen molar-refractivity contribution in [1.82, 2.24) is 5.43 Å². The van der Waals surface area contributed by atoms with Gasteiger partial charge in [0.2, 0.25) is 0 Å². The molecule has 3 fully saturated rings. The monoisotopic (exact) mass is 238 g/mol. The van der Waals surface area contributed by atoms with E-state index in [1.54, 1.807) is 0 Å². The highest BCUT2D eigenvalue weighted by Gasteiger charge is 2.54. The van der Waals surface area contributed by atoms with Gasteiger partial charge in [-0.05, 0) is 55.8 Å². The highest BCUT2D eigenvalue weighted by molar-refractivity contribution is 5.06. The van der Waals surface area contributed by atoms with Crippen LogP contribution in [-0.2, 0) is 4.74 Å². The Morgan fingerprint density at radius 2 is 2.00 bits per heavy atom. The summed E-state index contributed by atoms with van der Waals surface area (Å²) in [7, 11) is 0. The lowest BCUT2D eigenvalue weighted by molar-refractivity contribution is -0.148. The Bertz CT molecular complexity index is 299. The summed E-state index contributed by atoms with van der Waals surface area (Å²) < 4.78 is 6.01. The molecule has 0 bridgehead atoms. The van der Waals surface area contributed by atoms with Gasteiger partial charge in [-0.2, -0.15) is 0 Å². The summed E-state index contributed by atoms with van der Waals surface area (Å²) in [4.78, 5) is 0. The number of rotatable bonds is 3. The zero-order chi connectivity index (χ0) is 12.1. The quantitative estimate of drug-likeness (QED) is 0.585. The second kappa shape index (κ2) is 3.94. The topological polar surface area (TPSA) is 47.3 Å². The third kappa shape index (κ3) is 2.02. The second-order valence-corrected chi connectivity index (χ2v) is 7.13. The predicted molar refractivity (Wildman–Crippen MR) is 68.3 cm³/mol. The van der Waals surface area contributed by atoms with E-state index in [-0.39, 0.29) is 5.60 Å². The van der Waals surface area contributed by atoms with Crippen molar-refractivity contribution in [2.45, 2.75) is 64.0 Å². The van der Waals surface area contributed by atoms with E-state index < -0.39 is 0 Å². The van der Waals surface area contributed by atoms with Crippen LogP contribution in [0.1, 0.15) is 52.4 Å². The van der Waals surface area contributed by atoms with Crippen LogP contribution in [-0.4, -0.2) is 18.2 Å². The molecule has 3 nitrogen and oxygen atoms in total. The minimum atomic E-state index is 0.247. The van der Waals surface area contributed by atoms with Crippen LogP contribution < -0.4 is 11.3 Å². The van der Waals surface area contributed by atoms with Gasteiger partial charge >= 0.3 is 0 Å². The molecule has 2 aliphatic carbocycles.